The number of hydrogen-bond acceptors (Lipinski definition) is 5. The van der Waals surface area contributed by atoms with Crippen molar-refractivity contribution in [3.8, 4) is 5.75 Å². The maximum absolute atomic E-state index is 13.1. The predicted molar refractivity (Wildman–Crippen MR) is 133 cm³/mol. The molecule has 1 aliphatic heterocycles. The molecule has 6 nitrogen and oxygen atoms in total. The van der Waals surface area contributed by atoms with Crippen molar-refractivity contribution in [2.75, 3.05) is 12.0 Å². The van der Waals surface area contributed by atoms with E-state index >= 15 is 0 Å². The number of thioether (sulfide) groups is 1. The van der Waals surface area contributed by atoms with Gasteiger partial charge in [-0.05, 0) is 54.5 Å². The average Bonchev–Trinajstić information content (AvgIpc) is 3.13. The molecule has 0 spiro atoms. The van der Waals surface area contributed by atoms with Crippen molar-refractivity contribution in [3.05, 3.63) is 65.7 Å². The fraction of sp³-hybridized carbons (Fsp3) is 0.444. The zero-order chi connectivity index (χ0) is 23.9. The van der Waals surface area contributed by atoms with Gasteiger partial charge in [-0.1, -0.05) is 55.3 Å². The molecule has 0 bridgehead atoms. The fourth-order valence-electron chi connectivity index (χ4n) is 4.85. The van der Waals surface area contributed by atoms with Gasteiger partial charge >= 0.3 is 0 Å². The van der Waals surface area contributed by atoms with Crippen molar-refractivity contribution in [3.63, 3.8) is 0 Å². The molecule has 34 heavy (non-hydrogen) atoms. The Labute approximate surface area is 205 Å². The number of imide groups is 1. The minimum Gasteiger partial charge on any atom is -0.489 e. The van der Waals surface area contributed by atoms with E-state index in [4.69, 9.17) is 4.74 Å². The zero-order valence-corrected chi connectivity index (χ0v) is 20.4. The second-order valence-electron chi connectivity index (χ2n) is 8.98. The van der Waals surface area contributed by atoms with Crippen LogP contribution in [0.5, 0.6) is 5.75 Å². The summed E-state index contributed by atoms with van der Waals surface area (Å²) >= 11 is 1.61. The van der Waals surface area contributed by atoms with Gasteiger partial charge in [-0.15, -0.1) is 0 Å². The van der Waals surface area contributed by atoms with Crippen LogP contribution < -0.4 is 10.1 Å². The first-order valence-electron chi connectivity index (χ1n) is 12.0. The van der Waals surface area contributed by atoms with E-state index in [1.165, 1.54) is 4.90 Å². The van der Waals surface area contributed by atoms with Gasteiger partial charge in [0.1, 0.15) is 18.4 Å². The Bertz CT molecular complexity index is 971. The van der Waals surface area contributed by atoms with Crippen molar-refractivity contribution in [1.29, 1.82) is 0 Å². The average molecular weight is 481 g/mol. The van der Waals surface area contributed by atoms with Crippen LogP contribution in [0.15, 0.2) is 54.6 Å². The summed E-state index contributed by atoms with van der Waals surface area (Å²) < 4.78 is 5.82. The largest absolute Gasteiger partial charge is 0.489 e. The number of nitrogens with zero attached hydrogens (tertiary/aromatic N) is 1. The van der Waals surface area contributed by atoms with Crippen LogP contribution in [0.25, 0.3) is 0 Å². The predicted octanol–water partition coefficient (Wildman–Crippen LogP) is 4.18. The summed E-state index contributed by atoms with van der Waals surface area (Å²) in [6.45, 7) is 0.824. The highest BCUT2D eigenvalue weighted by molar-refractivity contribution is 7.98. The first kappa shape index (κ1) is 24.3. The highest BCUT2D eigenvalue weighted by atomic mass is 32.2. The smallest absolute Gasteiger partial charge is 0.243 e. The van der Waals surface area contributed by atoms with Gasteiger partial charge in [0.25, 0.3) is 0 Å². The lowest BCUT2D eigenvalue weighted by Gasteiger charge is -2.26. The van der Waals surface area contributed by atoms with Crippen molar-refractivity contribution in [1.82, 2.24) is 10.2 Å². The lowest BCUT2D eigenvalue weighted by molar-refractivity contribution is -0.148. The molecule has 0 aromatic heterocycles. The quantitative estimate of drug-likeness (QED) is 0.517. The molecule has 3 amide bonds. The molecule has 1 saturated heterocycles. The van der Waals surface area contributed by atoms with Gasteiger partial charge in [0, 0.05) is 6.54 Å². The first-order chi connectivity index (χ1) is 16.6. The number of amides is 3. The summed E-state index contributed by atoms with van der Waals surface area (Å²) in [4.78, 5) is 40.5. The molecule has 2 aliphatic rings. The number of carbonyl (C=O) groups is 3. The van der Waals surface area contributed by atoms with E-state index in [-0.39, 0.29) is 29.6 Å². The number of hydrogen-bond donors (Lipinski definition) is 1. The highest BCUT2D eigenvalue weighted by Crippen LogP contribution is 2.39. The maximum Gasteiger partial charge on any atom is 0.243 e. The van der Waals surface area contributed by atoms with Crippen molar-refractivity contribution in [2.45, 2.75) is 51.3 Å². The summed E-state index contributed by atoms with van der Waals surface area (Å²) in [6, 6.07) is 16.8. The summed E-state index contributed by atoms with van der Waals surface area (Å²) in [7, 11) is 0. The number of likely N-dealkylation sites (tertiary alicyclic amines) is 1. The minimum atomic E-state index is -0.744. The van der Waals surface area contributed by atoms with Gasteiger partial charge in [0.15, 0.2) is 0 Å². The topological polar surface area (TPSA) is 75.7 Å². The third kappa shape index (κ3) is 5.63. The van der Waals surface area contributed by atoms with Crippen LogP contribution in [0.1, 0.15) is 43.2 Å². The van der Waals surface area contributed by atoms with E-state index in [2.05, 4.69) is 5.32 Å². The Balaban J connectivity index is 1.35. The van der Waals surface area contributed by atoms with Gasteiger partial charge in [0.2, 0.25) is 17.7 Å². The molecule has 2 aromatic rings. The Morgan fingerprint density at radius 2 is 1.65 bits per heavy atom. The molecule has 1 heterocycles. The fourth-order valence-corrected chi connectivity index (χ4v) is 5.31. The molecule has 3 atom stereocenters. The molecule has 0 radical (unpaired) electrons. The molecule has 2 fully saturated rings. The Kier molecular flexibility index (Phi) is 8.27. The minimum absolute atomic E-state index is 0.157. The van der Waals surface area contributed by atoms with Crippen molar-refractivity contribution >= 4 is 29.5 Å². The van der Waals surface area contributed by atoms with E-state index in [0.29, 0.717) is 25.3 Å². The highest BCUT2D eigenvalue weighted by Gasteiger charge is 2.51. The second-order valence-corrected chi connectivity index (χ2v) is 9.96. The lowest BCUT2D eigenvalue weighted by atomic mass is 9.81. The third-order valence-corrected chi connectivity index (χ3v) is 7.37. The SMILES string of the molecule is CSCC[C@H](C(=O)NCc1ccc(OCc2ccccc2)cc1)N1C(=O)[C@H]2CCCC[C@H]2C1=O. The second kappa shape index (κ2) is 11.6. The number of benzene rings is 2. The van der Waals surface area contributed by atoms with Gasteiger partial charge in [0.05, 0.1) is 11.8 Å². The number of rotatable bonds is 10. The van der Waals surface area contributed by atoms with Crippen LogP contribution in [-0.4, -0.2) is 40.7 Å². The molecule has 0 unspecified atom stereocenters. The molecular formula is C27H32N2O4S. The lowest BCUT2D eigenvalue weighted by Crippen LogP contribution is -2.50. The van der Waals surface area contributed by atoms with Gasteiger partial charge in [-0.3, -0.25) is 19.3 Å². The monoisotopic (exact) mass is 480 g/mol. The van der Waals surface area contributed by atoms with Crippen LogP contribution in [0.3, 0.4) is 0 Å². The standard InChI is InChI=1S/C27H32N2O4S/c1-34-16-15-24(29-26(31)22-9-5-6-10-23(22)27(29)32)25(30)28-17-19-11-13-21(14-12-19)33-18-20-7-3-2-4-8-20/h2-4,7-8,11-14,22-24H,5-6,9-10,15-18H2,1H3,(H,28,30)/t22-,23+,24-/m1/s1. The van der Waals surface area contributed by atoms with Crippen molar-refractivity contribution < 1.29 is 19.1 Å². The molecule has 7 heteroatoms. The molecule has 1 N–H and O–H groups in total. The Hall–Kier alpha value is -2.80. The summed E-state index contributed by atoms with van der Waals surface area (Å²) in [5.74, 6) is 0.402. The van der Waals surface area contributed by atoms with Crippen LogP contribution in [0.2, 0.25) is 0 Å². The normalized spacial score (nSPS) is 20.7. The van der Waals surface area contributed by atoms with Gasteiger partial charge < -0.3 is 10.1 Å². The number of fused-ring (bicyclic) bond motifs is 1. The van der Waals surface area contributed by atoms with Crippen LogP contribution in [-0.2, 0) is 27.5 Å². The molecule has 1 aliphatic carbocycles. The van der Waals surface area contributed by atoms with Gasteiger partial charge in [-0.2, -0.15) is 11.8 Å². The summed E-state index contributed by atoms with van der Waals surface area (Å²) in [5, 5.41) is 2.95. The summed E-state index contributed by atoms with van der Waals surface area (Å²) in [5.41, 5.74) is 2.03. The molecule has 1 saturated carbocycles. The van der Waals surface area contributed by atoms with E-state index in [1.54, 1.807) is 11.8 Å². The number of carbonyl (C=O) groups excluding carboxylic acids is 3. The van der Waals surface area contributed by atoms with E-state index < -0.39 is 6.04 Å². The number of nitrogens with one attached hydrogen (secondary N) is 1. The molecule has 180 valence electrons. The summed E-state index contributed by atoms with van der Waals surface area (Å²) in [6.07, 6.45) is 5.88. The van der Waals surface area contributed by atoms with Crippen molar-refractivity contribution in [2.24, 2.45) is 11.8 Å². The Morgan fingerprint density at radius 1 is 1.00 bits per heavy atom. The maximum atomic E-state index is 13.1. The van der Waals surface area contributed by atoms with Crippen LogP contribution in [0, 0.1) is 11.8 Å². The van der Waals surface area contributed by atoms with E-state index in [9.17, 15) is 14.4 Å². The van der Waals surface area contributed by atoms with Gasteiger partial charge in [-0.25, -0.2) is 0 Å². The Morgan fingerprint density at radius 3 is 2.26 bits per heavy atom. The number of ether oxygens (including phenoxy) is 1. The zero-order valence-electron chi connectivity index (χ0n) is 19.6. The molecule has 2 aromatic carbocycles. The molecule has 4 rings (SSSR count). The first-order valence-corrected chi connectivity index (χ1v) is 13.4. The van der Waals surface area contributed by atoms with Crippen LogP contribution in [0.4, 0.5) is 0 Å². The van der Waals surface area contributed by atoms with E-state index in [1.807, 2.05) is 60.9 Å². The van der Waals surface area contributed by atoms with Crippen LogP contribution >= 0.6 is 11.8 Å². The third-order valence-electron chi connectivity index (χ3n) is 6.72. The molecular weight excluding hydrogens is 448 g/mol. The van der Waals surface area contributed by atoms with E-state index in [0.717, 1.165) is 42.6 Å².